The third kappa shape index (κ3) is 1.84. The first kappa shape index (κ1) is 10.8. The van der Waals surface area contributed by atoms with Crippen molar-refractivity contribution in [3.63, 3.8) is 0 Å². The van der Waals surface area contributed by atoms with E-state index < -0.39 is 0 Å². The molecule has 1 heterocycles. The molecule has 0 saturated heterocycles. The molecule has 2 aromatic carbocycles. The molecular formula is C15H12O3. The standard InChI is InChI=1S/C15H12O3/c16-11-7-5-10(6-8-11)13-9-15(17)18-14-4-2-1-3-12(13)14/h1-8,13,16H,9H2/t13-/m0/s1. The summed E-state index contributed by atoms with van der Waals surface area (Å²) in [7, 11) is 0. The molecule has 18 heavy (non-hydrogen) atoms. The van der Waals surface area contributed by atoms with Crippen LogP contribution in [0.4, 0.5) is 0 Å². The molecule has 1 N–H and O–H groups in total. The molecule has 0 aromatic heterocycles. The van der Waals surface area contributed by atoms with Gasteiger partial charge in [0.05, 0.1) is 6.42 Å². The van der Waals surface area contributed by atoms with E-state index in [2.05, 4.69) is 0 Å². The van der Waals surface area contributed by atoms with Crippen molar-refractivity contribution in [3.05, 3.63) is 59.7 Å². The lowest BCUT2D eigenvalue weighted by atomic mass is 9.86. The number of hydrogen-bond acceptors (Lipinski definition) is 3. The molecule has 1 aliphatic rings. The van der Waals surface area contributed by atoms with Gasteiger partial charge in [-0.3, -0.25) is 4.79 Å². The van der Waals surface area contributed by atoms with Crippen molar-refractivity contribution in [2.24, 2.45) is 0 Å². The Balaban J connectivity index is 2.07. The average Bonchev–Trinajstić information content (AvgIpc) is 2.38. The Morgan fingerprint density at radius 2 is 1.78 bits per heavy atom. The zero-order valence-corrected chi connectivity index (χ0v) is 9.67. The molecule has 0 saturated carbocycles. The van der Waals surface area contributed by atoms with Crippen molar-refractivity contribution < 1.29 is 14.6 Å². The number of rotatable bonds is 1. The number of phenols is 1. The first-order chi connectivity index (χ1) is 8.74. The Kier molecular flexibility index (Phi) is 2.52. The van der Waals surface area contributed by atoms with Gasteiger partial charge < -0.3 is 9.84 Å². The lowest BCUT2D eigenvalue weighted by Crippen LogP contribution is -2.20. The van der Waals surface area contributed by atoms with E-state index in [0.29, 0.717) is 12.2 Å². The summed E-state index contributed by atoms with van der Waals surface area (Å²) in [5.41, 5.74) is 2.03. The van der Waals surface area contributed by atoms with Crippen LogP contribution in [0.3, 0.4) is 0 Å². The normalized spacial score (nSPS) is 18.0. The zero-order chi connectivity index (χ0) is 12.5. The smallest absolute Gasteiger partial charge is 0.312 e. The molecular weight excluding hydrogens is 228 g/mol. The maximum Gasteiger partial charge on any atom is 0.312 e. The molecule has 1 aliphatic heterocycles. The van der Waals surface area contributed by atoms with Gasteiger partial charge in [-0.2, -0.15) is 0 Å². The van der Waals surface area contributed by atoms with E-state index in [1.807, 2.05) is 30.3 Å². The number of phenolic OH excluding ortho intramolecular Hbond substituents is 1. The predicted octanol–water partition coefficient (Wildman–Crippen LogP) is 2.83. The SMILES string of the molecule is O=C1C[C@@H](c2ccc(O)cc2)c2ccccc2O1. The predicted molar refractivity (Wildman–Crippen MR) is 66.6 cm³/mol. The van der Waals surface area contributed by atoms with Crippen molar-refractivity contribution in [2.75, 3.05) is 0 Å². The number of ether oxygens (including phenoxy) is 1. The molecule has 3 rings (SSSR count). The van der Waals surface area contributed by atoms with Crippen molar-refractivity contribution >= 4 is 5.97 Å². The third-order valence-corrected chi connectivity index (χ3v) is 3.18. The molecule has 0 radical (unpaired) electrons. The number of carbonyl (C=O) groups excluding carboxylic acids is 1. The van der Waals surface area contributed by atoms with Gasteiger partial charge in [0.2, 0.25) is 0 Å². The topological polar surface area (TPSA) is 46.5 Å². The van der Waals surface area contributed by atoms with E-state index in [0.717, 1.165) is 11.1 Å². The third-order valence-electron chi connectivity index (χ3n) is 3.18. The molecule has 0 amide bonds. The lowest BCUT2D eigenvalue weighted by Gasteiger charge is -2.24. The van der Waals surface area contributed by atoms with Gasteiger partial charge in [0.15, 0.2) is 0 Å². The maximum atomic E-state index is 11.6. The van der Waals surface area contributed by atoms with E-state index in [1.54, 1.807) is 18.2 Å². The summed E-state index contributed by atoms with van der Waals surface area (Å²) >= 11 is 0. The first-order valence-corrected chi connectivity index (χ1v) is 5.82. The summed E-state index contributed by atoms with van der Waals surface area (Å²) in [6.07, 6.45) is 0.335. The highest BCUT2D eigenvalue weighted by Gasteiger charge is 2.27. The number of esters is 1. The molecule has 0 bridgehead atoms. The second-order valence-electron chi connectivity index (χ2n) is 4.36. The largest absolute Gasteiger partial charge is 0.508 e. The summed E-state index contributed by atoms with van der Waals surface area (Å²) < 4.78 is 5.22. The summed E-state index contributed by atoms with van der Waals surface area (Å²) in [6, 6.07) is 14.5. The molecule has 1 atom stereocenters. The number of benzene rings is 2. The minimum Gasteiger partial charge on any atom is -0.508 e. The van der Waals surface area contributed by atoms with Crippen LogP contribution in [0.5, 0.6) is 11.5 Å². The Hall–Kier alpha value is -2.29. The van der Waals surface area contributed by atoms with Gasteiger partial charge in [0.25, 0.3) is 0 Å². The van der Waals surface area contributed by atoms with Crippen LogP contribution < -0.4 is 4.74 Å². The zero-order valence-electron chi connectivity index (χ0n) is 9.67. The Bertz CT molecular complexity index is 587. The monoisotopic (exact) mass is 240 g/mol. The van der Waals surface area contributed by atoms with Crippen LogP contribution in [-0.4, -0.2) is 11.1 Å². The van der Waals surface area contributed by atoms with Gasteiger partial charge in [-0.15, -0.1) is 0 Å². The number of para-hydroxylation sites is 1. The second kappa shape index (κ2) is 4.18. The summed E-state index contributed by atoms with van der Waals surface area (Å²) in [6.45, 7) is 0. The van der Waals surface area contributed by atoms with Gasteiger partial charge in [0.1, 0.15) is 11.5 Å². The van der Waals surface area contributed by atoms with E-state index in [9.17, 15) is 9.90 Å². The Morgan fingerprint density at radius 1 is 1.06 bits per heavy atom. The first-order valence-electron chi connectivity index (χ1n) is 5.82. The molecule has 3 nitrogen and oxygen atoms in total. The van der Waals surface area contributed by atoms with E-state index in [4.69, 9.17) is 4.74 Å². The van der Waals surface area contributed by atoms with Gasteiger partial charge in [0, 0.05) is 11.5 Å². The minimum atomic E-state index is -0.216. The number of hydrogen-bond donors (Lipinski definition) is 1. The van der Waals surface area contributed by atoms with Crippen LogP contribution in [0, 0.1) is 0 Å². The number of aromatic hydroxyl groups is 1. The Morgan fingerprint density at radius 3 is 2.56 bits per heavy atom. The molecule has 2 aromatic rings. The number of carbonyl (C=O) groups is 1. The highest BCUT2D eigenvalue weighted by Crippen LogP contribution is 2.38. The van der Waals surface area contributed by atoms with Crippen molar-refractivity contribution in [3.8, 4) is 11.5 Å². The van der Waals surface area contributed by atoms with E-state index in [1.165, 1.54) is 0 Å². The molecule has 0 aliphatic carbocycles. The van der Waals surface area contributed by atoms with E-state index in [-0.39, 0.29) is 17.6 Å². The van der Waals surface area contributed by atoms with E-state index >= 15 is 0 Å². The van der Waals surface area contributed by atoms with Crippen LogP contribution in [0.15, 0.2) is 48.5 Å². The fourth-order valence-electron chi connectivity index (χ4n) is 2.31. The highest BCUT2D eigenvalue weighted by atomic mass is 16.5. The van der Waals surface area contributed by atoms with Gasteiger partial charge in [-0.25, -0.2) is 0 Å². The molecule has 90 valence electrons. The molecule has 0 unspecified atom stereocenters. The van der Waals surface area contributed by atoms with Crippen LogP contribution in [0.25, 0.3) is 0 Å². The van der Waals surface area contributed by atoms with Crippen molar-refractivity contribution in [2.45, 2.75) is 12.3 Å². The van der Waals surface area contributed by atoms with Crippen molar-refractivity contribution in [1.29, 1.82) is 0 Å². The number of fused-ring (bicyclic) bond motifs is 1. The fourth-order valence-corrected chi connectivity index (χ4v) is 2.31. The summed E-state index contributed by atoms with van der Waals surface area (Å²) in [5.74, 6) is 0.645. The minimum absolute atomic E-state index is 0.00282. The van der Waals surface area contributed by atoms with Gasteiger partial charge >= 0.3 is 5.97 Å². The van der Waals surface area contributed by atoms with Crippen molar-refractivity contribution in [1.82, 2.24) is 0 Å². The average molecular weight is 240 g/mol. The second-order valence-corrected chi connectivity index (χ2v) is 4.36. The highest BCUT2D eigenvalue weighted by molar-refractivity contribution is 5.77. The van der Waals surface area contributed by atoms with Gasteiger partial charge in [-0.05, 0) is 23.8 Å². The lowest BCUT2D eigenvalue weighted by molar-refractivity contribution is -0.135. The van der Waals surface area contributed by atoms with Crippen LogP contribution in [0.2, 0.25) is 0 Å². The van der Waals surface area contributed by atoms with Crippen LogP contribution >= 0.6 is 0 Å². The van der Waals surface area contributed by atoms with Crippen LogP contribution in [-0.2, 0) is 4.79 Å². The molecule has 0 spiro atoms. The fraction of sp³-hybridized carbons (Fsp3) is 0.133. The quantitative estimate of drug-likeness (QED) is 0.616. The summed E-state index contributed by atoms with van der Waals surface area (Å²) in [5, 5.41) is 9.31. The van der Waals surface area contributed by atoms with Gasteiger partial charge in [-0.1, -0.05) is 30.3 Å². The molecule has 0 fully saturated rings. The maximum absolute atomic E-state index is 11.6. The molecule has 3 heteroatoms. The Labute approximate surface area is 105 Å². The summed E-state index contributed by atoms with van der Waals surface area (Å²) in [4.78, 5) is 11.6. The van der Waals surface area contributed by atoms with Crippen LogP contribution in [0.1, 0.15) is 23.5 Å².